The fraction of sp³-hybridized carbons (Fsp3) is 0.111. The monoisotopic (exact) mass is 388 g/mol. The van der Waals surface area contributed by atoms with Gasteiger partial charge in [0.1, 0.15) is 6.61 Å². The second kappa shape index (κ2) is 8.12. The van der Waals surface area contributed by atoms with Gasteiger partial charge in [-0.25, -0.2) is 4.79 Å². The van der Waals surface area contributed by atoms with E-state index in [9.17, 15) is 4.79 Å². The average molecular weight is 389 g/mol. The highest BCUT2D eigenvalue weighted by Crippen LogP contribution is 2.22. The van der Waals surface area contributed by atoms with E-state index >= 15 is 0 Å². The zero-order chi connectivity index (χ0) is 18.5. The Balaban J connectivity index is 1.86. The van der Waals surface area contributed by atoms with Gasteiger partial charge in [0, 0.05) is 15.6 Å². The topological polar surface area (TPSA) is 69.9 Å². The summed E-state index contributed by atoms with van der Waals surface area (Å²) in [6, 6.07) is 14.3. The lowest BCUT2D eigenvalue weighted by atomic mass is 10.2. The van der Waals surface area contributed by atoms with Crippen molar-refractivity contribution in [3.63, 3.8) is 0 Å². The van der Waals surface area contributed by atoms with Gasteiger partial charge in [0.25, 0.3) is 0 Å². The van der Waals surface area contributed by atoms with Crippen molar-refractivity contribution in [3.05, 3.63) is 75.5 Å². The van der Waals surface area contributed by atoms with E-state index in [0.29, 0.717) is 21.4 Å². The summed E-state index contributed by atoms with van der Waals surface area (Å²) in [7, 11) is 0. The van der Waals surface area contributed by atoms with Gasteiger partial charge in [0.2, 0.25) is 0 Å². The highest BCUT2D eigenvalue weighted by Gasteiger charge is 2.18. The molecule has 1 aromatic heterocycles. The van der Waals surface area contributed by atoms with Gasteiger partial charge < -0.3 is 4.74 Å². The molecule has 2 aromatic carbocycles. The molecule has 3 aromatic rings. The molecule has 0 aliphatic carbocycles. The second-order valence-electron chi connectivity index (χ2n) is 5.39. The van der Waals surface area contributed by atoms with Crippen LogP contribution in [-0.2, 0) is 16.1 Å². The van der Waals surface area contributed by atoms with Crippen molar-refractivity contribution in [3.8, 4) is 0 Å². The summed E-state index contributed by atoms with van der Waals surface area (Å²) in [5.41, 5.74) is 1.67. The summed E-state index contributed by atoms with van der Waals surface area (Å²) in [5, 5.41) is 12.2. The Morgan fingerprint density at radius 1 is 1.19 bits per heavy atom. The Morgan fingerprint density at radius 3 is 2.62 bits per heavy atom. The van der Waals surface area contributed by atoms with Crippen molar-refractivity contribution in [2.75, 3.05) is 0 Å². The third-order valence-electron chi connectivity index (χ3n) is 3.54. The lowest BCUT2D eigenvalue weighted by Gasteiger charge is -2.10. The van der Waals surface area contributed by atoms with E-state index in [2.05, 4.69) is 15.5 Å². The fourth-order valence-electron chi connectivity index (χ4n) is 2.22. The van der Waals surface area contributed by atoms with Crippen LogP contribution in [-0.4, -0.2) is 26.2 Å². The van der Waals surface area contributed by atoms with Crippen LogP contribution in [0.25, 0.3) is 11.8 Å². The zero-order valence-corrected chi connectivity index (χ0v) is 15.3. The lowest BCUT2D eigenvalue weighted by Crippen LogP contribution is -2.15. The number of benzene rings is 2. The SMILES string of the molecule is Cc1nnnn1/C(=C\c1ccccc1)C(=O)OCc1ccc(Cl)cc1Cl. The molecular weight excluding hydrogens is 375 g/mol. The number of hydrogen-bond acceptors (Lipinski definition) is 5. The molecule has 132 valence electrons. The molecule has 0 unspecified atom stereocenters. The highest BCUT2D eigenvalue weighted by molar-refractivity contribution is 6.35. The number of carbonyl (C=O) groups is 1. The number of rotatable bonds is 5. The third kappa shape index (κ3) is 4.28. The Labute approximate surface area is 160 Å². The maximum atomic E-state index is 12.7. The van der Waals surface area contributed by atoms with E-state index in [1.807, 2.05) is 30.3 Å². The first kappa shape index (κ1) is 18.1. The van der Waals surface area contributed by atoms with Crippen molar-refractivity contribution in [1.82, 2.24) is 20.2 Å². The van der Waals surface area contributed by atoms with Crippen LogP contribution >= 0.6 is 23.2 Å². The molecule has 0 bridgehead atoms. The van der Waals surface area contributed by atoms with Crippen LogP contribution in [0.2, 0.25) is 10.0 Å². The first-order valence-electron chi connectivity index (χ1n) is 7.68. The van der Waals surface area contributed by atoms with Crippen LogP contribution in [0.1, 0.15) is 17.0 Å². The molecule has 0 atom stereocenters. The summed E-state index contributed by atoms with van der Waals surface area (Å²) in [6.07, 6.45) is 1.66. The summed E-state index contributed by atoms with van der Waals surface area (Å²) in [6.45, 7) is 1.70. The summed E-state index contributed by atoms with van der Waals surface area (Å²) in [4.78, 5) is 12.7. The molecule has 6 nitrogen and oxygen atoms in total. The molecule has 0 aliphatic rings. The average Bonchev–Trinajstić information content (AvgIpc) is 3.05. The standard InChI is InChI=1S/C18H14Cl2N4O2/c1-12-21-22-23-24(12)17(9-13-5-3-2-4-6-13)18(25)26-11-14-7-8-15(19)10-16(14)20/h2-10H,11H2,1H3/b17-9-. The second-order valence-corrected chi connectivity index (χ2v) is 6.23. The zero-order valence-electron chi connectivity index (χ0n) is 13.8. The van der Waals surface area contributed by atoms with E-state index in [1.165, 1.54) is 4.68 Å². The molecule has 0 amide bonds. The van der Waals surface area contributed by atoms with Gasteiger partial charge in [-0.2, -0.15) is 4.68 Å². The smallest absolute Gasteiger partial charge is 0.357 e. The van der Waals surface area contributed by atoms with Crippen molar-refractivity contribution >= 4 is 40.9 Å². The molecule has 0 saturated carbocycles. The minimum atomic E-state index is -0.574. The Morgan fingerprint density at radius 2 is 1.96 bits per heavy atom. The Bertz CT molecular complexity index is 955. The van der Waals surface area contributed by atoms with Crippen LogP contribution in [0.4, 0.5) is 0 Å². The number of nitrogens with zero attached hydrogens (tertiary/aromatic N) is 4. The van der Waals surface area contributed by atoms with Crippen molar-refractivity contribution in [2.45, 2.75) is 13.5 Å². The molecule has 3 rings (SSSR count). The van der Waals surface area contributed by atoms with Crippen molar-refractivity contribution in [2.24, 2.45) is 0 Å². The fourth-order valence-corrected chi connectivity index (χ4v) is 2.69. The largest absolute Gasteiger partial charge is 0.456 e. The maximum absolute atomic E-state index is 12.7. The van der Waals surface area contributed by atoms with Crippen LogP contribution < -0.4 is 0 Å². The van der Waals surface area contributed by atoms with Crippen molar-refractivity contribution < 1.29 is 9.53 Å². The first-order valence-corrected chi connectivity index (χ1v) is 8.43. The summed E-state index contributed by atoms with van der Waals surface area (Å²) < 4.78 is 6.74. The lowest BCUT2D eigenvalue weighted by molar-refractivity contribution is -0.138. The molecule has 1 heterocycles. The van der Waals surface area contributed by atoms with Gasteiger partial charge >= 0.3 is 5.97 Å². The maximum Gasteiger partial charge on any atom is 0.357 e. The van der Waals surface area contributed by atoms with Crippen LogP contribution in [0.5, 0.6) is 0 Å². The molecule has 0 N–H and O–H groups in total. The minimum Gasteiger partial charge on any atom is -0.456 e. The number of aryl methyl sites for hydroxylation is 1. The van der Waals surface area contributed by atoms with Gasteiger partial charge in [-0.3, -0.25) is 0 Å². The molecular formula is C18H14Cl2N4O2. The van der Waals surface area contributed by atoms with Gasteiger partial charge in [-0.1, -0.05) is 59.6 Å². The molecule has 0 spiro atoms. The quantitative estimate of drug-likeness (QED) is 0.487. The van der Waals surface area contributed by atoms with E-state index < -0.39 is 5.97 Å². The first-order chi connectivity index (χ1) is 12.5. The van der Waals surface area contributed by atoms with E-state index in [1.54, 1.807) is 31.2 Å². The number of halogens is 2. The predicted molar refractivity (Wildman–Crippen MR) is 99.4 cm³/mol. The van der Waals surface area contributed by atoms with E-state index in [-0.39, 0.29) is 12.3 Å². The van der Waals surface area contributed by atoms with Gasteiger partial charge in [-0.15, -0.1) is 5.10 Å². The summed E-state index contributed by atoms with van der Waals surface area (Å²) in [5.74, 6) is -0.107. The normalized spacial score (nSPS) is 11.4. The highest BCUT2D eigenvalue weighted by atomic mass is 35.5. The van der Waals surface area contributed by atoms with Gasteiger partial charge in [-0.05, 0) is 41.1 Å². The van der Waals surface area contributed by atoms with E-state index in [4.69, 9.17) is 27.9 Å². The molecule has 0 radical (unpaired) electrons. The molecule has 0 saturated heterocycles. The number of carbonyl (C=O) groups excluding carboxylic acids is 1. The number of esters is 1. The van der Waals surface area contributed by atoms with Gasteiger partial charge in [0.15, 0.2) is 11.5 Å². The molecule has 0 aliphatic heterocycles. The number of hydrogen-bond donors (Lipinski definition) is 0. The predicted octanol–water partition coefficient (Wildman–Crippen LogP) is 4.03. The van der Waals surface area contributed by atoms with Crippen LogP contribution in [0, 0.1) is 6.92 Å². The number of tetrazole rings is 1. The van der Waals surface area contributed by atoms with Crippen LogP contribution in [0.15, 0.2) is 48.5 Å². The Hall–Kier alpha value is -2.70. The molecule has 0 fully saturated rings. The number of aromatic nitrogens is 4. The van der Waals surface area contributed by atoms with Gasteiger partial charge in [0.05, 0.1) is 0 Å². The minimum absolute atomic E-state index is 0.00212. The molecule has 26 heavy (non-hydrogen) atoms. The number of ether oxygens (including phenoxy) is 1. The third-order valence-corrected chi connectivity index (χ3v) is 4.13. The van der Waals surface area contributed by atoms with Crippen LogP contribution in [0.3, 0.4) is 0 Å². The Kier molecular flexibility index (Phi) is 5.65. The summed E-state index contributed by atoms with van der Waals surface area (Å²) >= 11 is 12.0. The van der Waals surface area contributed by atoms with E-state index in [0.717, 1.165) is 5.56 Å². The molecule has 8 heteroatoms. The van der Waals surface area contributed by atoms with Crippen molar-refractivity contribution in [1.29, 1.82) is 0 Å².